The summed E-state index contributed by atoms with van der Waals surface area (Å²) >= 11 is 0. The zero-order valence-corrected chi connectivity index (χ0v) is 11.0. The van der Waals surface area contributed by atoms with E-state index in [0.717, 1.165) is 0 Å². The number of carbonyl (C=O) groups is 1. The summed E-state index contributed by atoms with van der Waals surface area (Å²) in [7, 11) is 0. The summed E-state index contributed by atoms with van der Waals surface area (Å²) in [6, 6.07) is 3.27. The molecule has 0 saturated heterocycles. The SMILES string of the molecule is CCOC(C)(C)CNC(=O)c1cc(NN)ccn1. The summed E-state index contributed by atoms with van der Waals surface area (Å²) in [5, 5.41) is 2.78. The van der Waals surface area contributed by atoms with Gasteiger partial charge in [-0.1, -0.05) is 0 Å². The predicted octanol–water partition coefficient (Wildman–Crippen LogP) is 0.912. The van der Waals surface area contributed by atoms with E-state index in [-0.39, 0.29) is 5.91 Å². The second-order valence-electron chi connectivity index (χ2n) is 4.45. The van der Waals surface area contributed by atoms with Crippen molar-refractivity contribution in [2.24, 2.45) is 5.84 Å². The number of hydrogen-bond acceptors (Lipinski definition) is 5. The van der Waals surface area contributed by atoms with E-state index in [1.807, 2.05) is 20.8 Å². The van der Waals surface area contributed by atoms with Crippen LogP contribution in [0.5, 0.6) is 0 Å². The number of nitrogens with one attached hydrogen (secondary N) is 2. The third-order valence-electron chi connectivity index (χ3n) is 2.37. The van der Waals surface area contributed by atoms with Crippen LogP contribution in [0.2, 0.25) is 0 Å². The molecule has 0 aliphatic carbocycles. The Balaban J connectivity index is 2.60. The van der Waals surface area contributed by atoms with Gasteiger partial charge in [0.05, 0.1) is 11.3 Å². The maximum Gasteiger partial charge on any atom is 0.270 e. The molecule has 4 N–H and O–H groups in total. The number of anilines is 1. The lowest BCUT2D eigenvalue weighted by atomic mass is 10.1. The van der Waals surface area contributed by atoms with Crippen molar-refractivity contribution in [1.29, 1.82) is 0 Å². The summed E-state index contributed by atoms with van der Waals surface area (Å²) in [4.78, 5) is 15.9. The van der Waals surface area contributed by atoms with Crippen molar-refractivity contribution in [1.82, 2.24) is 10.3 Å². The van der Waals surface area contributed by atoms with E-state index in [4.69, 9.17) is 10.6 Å². The monoisotopic (exact) mass is 252 g/mol. The van der Waals surface area contributed by atoms with E-state index < -0.39 is 5.60 Å². The van der Waals surface area contributed by atoms with Crippen molar-refractivity contribution in [2.75, 3.05) is 18.6 Å². The summed E-state index contributed by atoms with van der Waals surface area (Å²) in [6.07, 6.45) is 1.53. The van der Waals surface area contributed by atoms with Gasteiger partial charge in [-0.25, -0.2) is 0 Å². The van der Waals surface area contributed by atoms with Crippen molar-refractivity contribution in [2.45, 2.75) is 26.4 Å². The van der Waals surface area contributed by atoms with Gasteiger partial charge in [0, 0.05) is 19.3 Å². The molecule has 0 spiro atoms. The number of aromatic nitrogens is 1. The second kappa shape index (κ2) is 6.32. The molecule has 100 valence electrons. The maximum absolute atomic E-state index is 11.9. The number of rotatable bonds is 6. The van der Waals surface area contributed by atoms with Gasteiger partial charge >= 0.3 is 0 Å². The van der Waals surface area contributed by atoms with Crippen LogP contribution in [0.3, 0.4) is 0 Å². The topological polar surface area (TPSA) is 89.3 Å². The van der Waals surface area contributed by atoms with Gasteiger partial charge in [0.25, 0.3) is 5.91 Å². The molecule has 0 aliphatic heterocycles. The summed E-state index contributed by atoms with van der Waals surface area (Å²) in [5.41, 5.74) is 3.03. The predicted molar refractivity (Wildman–Crippen MR) is 70.1 cm³/mol. The Hall–Kier alpha value is -1.66. The molecule has 0 radical (unpaired) electrons. The molecule has 0 unspecified atom stereocenters. The highest BCUT2D eigenvalue weighted by Gasteiger charge is 2.19. The van der Waals surface area contributed by atoms with E-state index in [9.17, 15) is 4.79 Å². The Kier molecular flexibility index (Phi) is 5.06. The number of nitrogens with zero attached hydrogens (tertiary/aromatic N) is 1. The highest BCUT2D eigenvalue weighted by molar-refractivity contribution is 5.93. The van der Waals surface area contributed by atoms with Gasteiger partial charge in [0.2, 0.25) is 0 Å². The first kappa shape index (κ1) is 14.4. The van der Waals surface area contributed by atoms with Crippen molar-refractivity contribution in [3.63, 3.8) is 0 Å². The molecule has 1 rings (SSSR count). The molecule has 0 bridgehead atoms. The lowest BCUT2D eigenvalue weighted by Gasteiger charge is -2.24. The molecule has 0 fully saturated rings. The number of nitrogens with two attached hydrogens (primary N) is 1. The van der Waals surface area contributed by atoms with Crippen molar-refractivity contribution in [3.05, 3.63) is 24.0 Å². The van der Waals surface area contributed by atoms with Crippen LogP contribution in [-0.2, 0) is 4.74 Å². The van der Waals surface area contributed by atoms with Crippen molar-refractivity contribution in [3.8, 4) is 0 Å². The van der Waals surface area contributed by atoms with Crippen LogP contribution in [0.1, 0.15) is 31.3 Å². The fourth-order valence-electron chi connectivity index (χ4n) is 1.47. The lowest BCUT2D eigenvalue weighted by Crippen LogP contribution is -2.40. The number of hydrogen-bond donors (Lipinski definition) is 3. The van der Waals surface area contributed by atoms with E-state index in [1.54, 1.807) is 12.1 Å². The largest absolute Gasteiger partial charge is 0.374 e. The Morgan fingerprint density at radius 1 is 1.56 bits per heavy atom. The summed E-state index contributed by atoms with van der Waals surface area (Å²) in [5.74, 6) is 5.02. The standard InChI is InChI=1S/C12H20N4O2/c1-4-18-12(2,3)8-15-11(17)10-7-9(16-13)5-6-14-10/h5-7H,4,8,13H2,1-3H3,(H,14,16)(H,15,17). The van der Waals surface area contributed by atoms with Crippen LogP contribution >= 0.6 is 0 Å². The molecular formula is C12H20N4O2. The number of amides is 1. The van der Waals surface area contributed by atoms with Crippen LogP contribution in [0.4, 0.5) is 5.69 Å². The van der Waals surface area contributed by atoms with E-state index >= 15 is 0 Å². The Morgan fingerprint density at radius 2 is 2.28 bits per heavy atom. The fourth-order valence-corrected chi connectivity index (χ4v) is 1.47. The molecule has 0 atom stereocenters. The maximum atomic E-state index is 11.9. The molecule has 6 heteroatoms. The average molecular weight is 252 g/mol. The van der Waals surface area contributed by atoms with Gasteiger partial charge in [0.15, 0.2) is 0 Å². The van der Waals surface area contributed by atoms with Gasteiger partial charge in [-0.15, -0.1) is 0 Å². The first-order valence-electron chi connectivity index (χ1n) is 5.83. The van der Waals surface area contributed by atoms with Gasteiger partial charge < -0.3 is 15.5 Å². The number of nitrogen functional groups attached to an aromatic ring is 1. The molecule has 0 aromatic carbocycles. The minimum Gasteiger partial charge on any atom is -0.374 e. The molecule has 0 saturated carbocycles. The van der Waals surface area contributed by atoms with Gasteiger partial charge in [0.1, 0.15) is 5.69 Å². The smallest absolute Gasteiger partial charge is 0.270 e. The highest BCUT2D eigenvalue weighted by atomic mass is 16.5. The molecule has 1 aromatic heterocycles. The Bertz CT molecular complexity index is 407. The molecule has 6 nitrogen and oxygen atoms in total. The van der Waals surface area contributed by atoms with Crippen LogP contribution in [-0.4, -0.2) is 29.6 Å². The number of carbonyl (C=O) groups excluding carboxylic acids is 1. The first-order chi connectivity index (χ1) is 8.48. The lowest BCUT2D eigenvalue weighted by molar-refractivity contribution is -0.00818. The third kappa shape index (κ3) is 4.31. The first-order valence-corrected chi connectivity index (χ1v) is 5.83. The number of hydrazine groups is 1. The quantitative estimate of drug-likeness (QED) is 0.517. The fraction of sp³-hybridized carbons (Fsp3) is 0.500. The van der Waals surface area contributed by atoms with Gasteiger partial charge in [-0.05, 0) is 32.9 Å². The molecule has 18 heavy (non-hydrogen) atoms. The van der Waals surface area contributed by atoms with E-state index in [2.05, 4.69) is 15.7 Å². The normalized spacial score (nSPS) is 11.1. The molecular weight excluding hydrogens is 232 g/mol. The minimum absolute atomic E-state index is 0.250. The van der Waals surface area contributed by atoms with Crippen molar-refractivity contribution < 1.29 is 9.53 Å². The Morgan fingerprint density at radius 3 is 2.89 bits per heavy atom. The molecule has 0 aliphatic rings. The minimum atomic E-state index is -0.395. The Labute approximate surface area is 107 Å². The zero-order chi connectivity index (χ0) is 13.6. The molecule has 1 amide bonds. The molecule has 1 heterocycles. The zero-order valence-electron chi connectivity index (χ0n) is 11.0. The van der Waals surface area contributed by atoms with Crippen LogP contribution in [0.15, 0.2) is 18.3 Å². The highest BCUT2D eigenvalue weighted by Crippen LogP contribution is 2.09. The van der Waals surface area contributed by atoms with Crippen LogP contribution < -0.4 is 16.6 Å². The summed E-state index contributed by atoms with van der Waals surface area (Å²) in [6.45, 7) is 6.78. The van der Waals surface area contributed by atoms with E-state index in [0.29, 0.717) is 24.5 Å². The van der Waals surface area contributed by atoms with Crippen LogP contribution in [0.25, 0.3) is 0 Å². The van der Waals surface area contributed by atoms with Crippen LogP contribution in [0, 0.1) is 0 Å². The van der Waals surface area contributed by atoms with Crippen molar-refractivity contribution >= 4 is 11.6 Å². The second-order valence-corrected chi connectivity index (χ2v) is 4.45. The third-order valence-corrected chi connectivity index (χ3v) is 2.37. The number of ether oxygens (including phenoxy) is 1. The summed E-state index contributed by atoms with van der Waals surface area (Å²) < 4.78 is 5.49. The average Bonchev–Trinajstić information content (AvgIpc) is 2.36. The van der Waals surface area contributed by atoms with Gasteiger partial charge in [-0.3, -0.25) is 15.6 Å². The van der Waals surface area contributed by atoms with Gasteiger partial charge in [-0.2, -0.15) is 0 Å². The molecule has 1 aromatic rings. The van der Waals surface area contributed by atoms with E-state index in [1.165, 1.54) is 6.20 Å². The number of pyridine rings is 1.